The number of hydrogen-bond acceptors (Lipinski definition) is 3. The highest BCUT2D eigenvalue weighted by Gasteiger charge is 2.27. The van der Waals surface area contributed by atoms with Crippen LogP contribution >= 0.6 is 0 Å². The van der Waals surface area contributed by atoms with E-state index in [0.29, 0.717) is 32.8 Å². The van der Waals surface area contributed by atoms with Crippen molar-refractivity contribution in [3.05, 3.63) is 29.8 Å². The van der Waals surface area contributed by atoms with Crippen LogP contribution in [0.1, 0.15) is 5.56 Å². The van der Waals surface area contributed by atoms with Gasteiger partial charge in [0.15, 0.2) is 0 Å². The monoisotopic (exact) mass is 275 g/mol. The van der Waals surface area contributed by atoms with E-state index in [-0.39, 0.29) is 18.5 Å². The Morgan fingerprint density at radius 1 is 1.10 bits per heavy atom. The SMILES string of the molecule is O=C1CN(C(=O)N2CCOCC2)Cc2ccccc2N1. The number of amides is 3. The number of rotatable bonds is 0. The Bertz CT molecular complexity index is 526. The standard InChI is InChI=1S/C14H17N3O3/c18-13-10-17(14(19)16-5-7-20-8-6-16)9-11-3-1-2-4-12(11)15-13/h1-4H,5-10H2,(H,15,18). The van der Waals surface area contributed by atoms with Crippen LogP contribution in [0.2, 0.25) is 0 Å². The molecule has 106 valence electrons. The molecule has 0 atom stereocenters. The van der Waals surface area contributed by atoms with Crippen molar-refractivity contribution < 1.29 is 14.3 Å². The average Bonchev–Trinajstić information content (AvgIpc) is 2.65. The van der Waals surface area contributed by atoms with Crippen LogP contribution < -0.4 is 5.32 Å². The van der Waals surface area contributed by atoms with Crippen LogP contribution in [0.3, 0.4) is 0 Å². The minimum Gasteiger partial charge on any atom is -0.378 e. The number of nitrogens with one attached hydrogen (secondary N) is 1. The zero-order valence-electron chi connectivity index (χ0n) is 11.2. The molecule has 0 saturated carbocycles. The molecular weight excluding hydrogens is 258 g/mol. The molecule has 0 radical (unpaired) electrons. The number of anilines is 1. The first-order valence-corrected chi connectivity index (χ1v) is 6.73. The Labute approximate surface area is 117 Å². The molecule has 1 aromatic rings. The Balaban J connectivity index is 1.79. The van der Waals surface area contributed by atoms with E-state index in [1.165, 1.54) is 0 Å². The number of fused-ring (bicyclic) bond motifs is 1. The highest BCUT2D eigenvalue weighted by molar-refractivity contribution is 5.96. The van der Waals surface area contributed by atoms with E-state index in [1.54, 1.807) is 9.80 Å². The summed E-state index contributed by atoms with van der Waals surface area (Å²) >= 11 is 0. The summed E-state index contributed by atoms with van der Waals surface area (Å²) in [7, 11) is 0. The summed E-state index contributed by atoms with van der Waals surface area (Å²) in [5.41, 5.74) is 1.75. The number of urea groups is 1. The van der Waals surface area contributed by atoms with Gasteiger partial charge in [0, 0.05) is 18.8 Å². The van der Waals surface area contributed by atoms with E-state index < -0.39 is 0 Å². The fourth-order valence-electron chi connectivity index (χ4n) is 2.49. The van der Waals surface area contributed by atoms with Crippen LogP contribution in [0, 0.1) is 0 Å². The van der Waals surface area contributed by atoms with Crippen molar-refractivity contribution in [1.29, 1.82) is 0 Å². The molecular formula is C14H17N3O3. The third kappa shape index (κ3) is 2.60. The second kappa shape index (κ2) is 5.50. The molecule has 0 bridgehead atoms. The molecule has 0 aromatic heterocycles. The summed E-state index contributed by atoms with van der Waals surface area (Å²) in [4.78, 5) is 27.7. The lowest BCUT2D eigenvalue weighted by Crippen LogP contribution is -2.49. The van der Waals surface area contributed by atoms with Gasteiger partial charge in [-0.3, -0.25) is 4.79 Å². The first kappa shape index (κ1) is 12.9. The summed E-state index contributed by atoms with van der Waals surface area (Å²) in [6.45, 7) is 2.82. The van der Waals surface area contributed by atoms with E-state index >= 15 is 0 Å². The quantitative estimate of drug-likeness (QED) is 0.765. The highest BCUT2D eigenvalue weighted by atomic mass is 16.5. The van der Waals surface area contributed by atoms with Crippen LogP contribution in [0.25, 0.3) is 0 Å². The van der Waals surface area contributed by atoms with E-state index in [1.807, 2.05) is 24.3 Å². The van der Waals surface area contributed by atoms with Crippen molar-refractivity contribution in [2.45, 2.75) is 6.54 Å². The number of nitrogens with zero attached hydrogens (tertiary/aromatic N) is 2. The van der Waals surface area contributed by atoms with Crippen LogP contribution in [-0.2, 0) is 16.1 Å². The van der Waals surface area contributed by atoms with Crippen molar-refractivity contribution in [2.75, 3.05) is 38.2 Å². The maximum atomic E-state index is 12.5. The second-order valence-electron chi connectivity index (χ2n) is 4.94. The van der Waals surface area contributed by atoms with Gasteiger partial charge in [-0.05, 0) is 11.6 Å². The Morgan fingerprint density at radius 3 is 2.65 bits per heavy atom. The summed E-state index contributed by atoms with van der Waals surface area (Å²) in [5, 5.41) is 2.83. The van der Waals surface area contributed by atoms with Gasteiger partial charge in [-0.1, -0.05) is 18.2 Å². The lowest BCUT2D eigenvalue weighted by atomic mass is 10.2. The normalized spacial score (nSPS) is 19.1. The van der Waals surface area contributed by atoms with Gasteiger partial charge in [0.05, 0.1) is 19.8 Å². The summed E-state index contributed by atoms with van der Waals surface area (Å²) in [5.74, 6) is -0.156. The second-order valence-corrected chi connectivity index (χ2v) is 4.94. The smallest absolute Gasteiger partial charge is 0.320 e. The number of carbonyl (C=O) groups excluding carboxylic acids is 2. The topological polar surface area (TPSA) is 61.9 Å². The molecule has 1 N–H and O–H groups in total. The van der Waals surface area contributed by atoms with Gasteiger partial charge in [0.25, 0.3) is 0 Å². The summed E-state index contributed by atoms with van der Waals surface area (Å²) in [6, 6.07) is 7.48. The van der Waals surface area contributed by atoms with Crippen molar-refractivity contribution in [3.8, 4) is 0 Å². The molecule has 3 amide bonds. The van der Waals surface area contributed by atoms with Crippen molar-refractivity contribution in [3.63, 3.8) is 0 Å². The first-order valence-electron chi connectivity index (χ1n) is 6.73. The van der Waals surface area contributed by atoms with Gasteiger partial charge in [-0.25, -0.2) is 4.79 Å². The van der Waals surface area contributed by atoms with Crippen molar-refractivity contribution >= 4 is 17.6 Å². The predicted molar refractivity (Wildman–Crippen MR) is 73.3 cm³/mol. The fraction of sp³-hybridized carbons (Fsp3) is 0.429. The Hall–Kier alpha value is -2.08. The molecule has 2 aliphatic rings. The van der Waals surface area contributed by atoms with Gasteiger partial charge in [0.1, 0.15) is 6.54 Å². The third-order valence-electron chi connectivity index (χ3n) is 3.54. The maximum Gasteiger partial charge on any atom is 0.320 e. The summed E-state index contributed by atoms with van der Waals surface area (Å²) < 4.78 is 5.25. The highest BCUT2D eigenvalue weighted by Crippen LogP contribution is 2.21. The Morgan fingerprint density at radius 2 is 1.85 bits per heavy atom. The number of morpholine rings is 1. The van der Waals surface area contributed by atoms with Crippen molar-refractivity contribution in [1.82, 2.24) is 9.80 Å². The molecule has 0 spiro atoms. The number of benzene rings is 1. The summed E-state index contributed by atoms with van der Waals surface area (Å²) in [6.07, 6.45) is 0. The maximum absolute atomic E-state index is 12.5. The molecule has 1 saturated heterocycles. The van der Waals surface area contributed by atoms with Crippen LogP contribution in [0.5, 0.6) is 0 Å². The molecule has 2 heterocycles. The largest absolute Gasteiger partial charge is 0.378 e. The van der Waals surface area contributed by atoms with E-state index in [4.69, 9.17) is 4.74 Å². The number of para-hydroxylation sites is 1. The van der Waals surface area contributed by atoms with Gasteiger partial charge in [0.2, 0.25) is 5.91 Å². The molecule has 0 aliphatic carbocycles. The molecule has 1 fully saturated rings. The molecule has 0 unspecified atom stereocenters. The van der Waals surface area contributed by atoms with Gasteiger partial charge in [-0.2, -0.15) is 0 Å². The van der Waals surface area contributed by atoms with E-state index in [2.05, 4.69) is 5.32 Å². The predicted octanol–water partition coefficient (Wildman–Crippen LogP) is 0.893. The third-order valence-corrected chi connectivity index (χ3v) is 3.54. The zero-order valence-corrected chi connectivity index (χ0v) is 11.2. The minimum atomic E-state index is -0.156. The van der Waals surface area contributed by atoms with Crippen LogP contribution in [0.15, 0.2) is 24.3 Å². The van der Waals surface area contributed by atoms with Crippen LogP contribution in [-0.4, -0.2) is 54.6 Å². The minimum absolute atomic E-state index is 0.0882. The number of hydrogen-bond donors (Lipinski definition) is 1. The van der Waals surface area contributed by atoms with Crippen molar-refractivity contribution in [2.24, 2.45) is 0 Å². The molecule has 3 rings (SSSR count). The Kier molecular flexibility index (Phi) is 3.56. The number of carbonyl (C=O) groups is 2. The van der Waals surface area contributed by atoms with Crippen LogP contribution in [0.4, 0.5) is 10.5 Å². The van der Waals surface area contributed by atoms with E-state index in [9.17, 15) is 9.59 Å². The molecule has 20 heavy (non-hydrogen) atoms. The van der Waals surface area contributed by atoms with Gasteiger partial charge in [-0.15, -0.1) is 0 Å². The van der Waals surface area contributed by atoms with E-state index in [0.717, 1.165) is 11.3 Å². The fourth-order valence-corrected chi connectivity index (χ4v) is 2.49. The lowest BCUT2D eigenvalue weighted by Gasteiger charge is -2.31. The van der Waals surface area contributed by atoms with Gasteiger partial charge < -0.3 is 19.9 Å². The zero-order chi connectivity index (χ0) is 13.9. The number of ether oxygens (including phenoxy) is 1. The molecule has 2 aliphatic heterocycles. The first-order chi connectivity index (χ1) is 9.74. The molecule has 6 heteroatoms. The molecule has 6 nitrogen and oxygen atoms in total. The molecule has 1 aromatic carbocycles. The average molecular weight is 275 g/mol. The lowest BCUT2D eigenvalue weighted by molar-refractivity contribution is -0.116. The van der Waals surface area contributed by atoms with Gasteiger partial charge >= 0.3 is 6.03 Å².